The molecule has 1 heterocycles. The molecule has 1 aromatic carbocycles. The molecule has 0 saturated heterocycles. The quantitative estimate of drug-likeness (QED) is 0.621. The van der Waals surface area contributed by atoms with Crippen LogP contribution in [0.25, 0.3) is 0 Å². The lowest BCUT2D eigenvalue weighted by Crippen LogP contribution is -2.15. The Labute approximate surface area is 140 Å². The summed E-state index contributed by atoms with van der Waals surface area (Å²) in [6.07, 6.45) is 1.51. The van der Waals surface area contributed by atoms with E-state index < -0.39 is 5.97 Å². The van der Waals surface area contributed by atoms with Crippen molar-refractivity contribution in [3.63, 3.8) is 0 Å². The molecule has 0 unspecified atom stereocenters. The van der Waals surface area contributed by atoms with E-state index in [2.05, 4.69) is 5.32 Å². The van der Waals surface area contributed by atoms with E-state index in [9.17, 15) is 9.59 Å². The highest BCUT2D eigenvalue weighted by atomic mass is 16.6. The van der Waals surface area contributed by atoms with E-state index in [1.54, 1.807) is 30.3 Å². The maximum atomic E-state index is 12.1. The van der Waals surface area contributed by atoms with Gasteiger partial charge in [-0.15, -0.1) is 0 Å². The number of carbonyl (C=O) groups excluding carboxylic acids is 2. The van der Waals surface area contributed by atoms with Gasteiger partial charge in [-0.25, -0.2) is 4.79 Å². The lowest BCUT2D eigenvalue weighted by atomic mass is 10.1. The number of anilines is 1. The van der Waals surface area contributed by atoms with Gasteiger partial charge in [0.25, 0.3) is 5.91 Å². The molecule has 0 bridgehead atoms. The van der Waals surface area contributed by atoms with E-state index in [1.807, 2.05) is 20.8 Å². The predicted molar refractivity (Wildman–Crippen MR) is 89.2 cm³/mol. The van der Waals surface area contributed by atoms with Gasteiger partial charge in [0.05, 0.1) is 24.5 Å². The van der Waals surface area contributed by atoms with Crippen molar-refractivity contribution in [3.05, 3.63) is 53.5 Å². The van der Waals surface area contributed by atoms with Crippen LogP contribution >= 0.6 is 0 Å². The molecule has 1 aromatic heterocycles. The summed E-state index contributed by atoms with van der Waals surface area (Å²) in [5.41, 5.74) is 1.72. The zero-order chi connectivity index (χ0) is 17.5. The van der Waals surface area contributed by atoms with Gasteiger partial charge < -0.3 is 19.2 Å². The number of ether oxygens (including phenoxy) is 2. The first kappa shape index (κ1) is 17.7. The molecule has 0 spiro atoms. The first-order valence-electron chi connectivity index (χ1n) is 7.71. The van der Waals surface area contributed by atoms with Gasteiger partial charge in [-0.1, -0.05) is 6.07 Å². The molecule has 0 aliphatic rings. The molecular weight excluding hydrogens is 310 g/mol. The molecule has 0 atom stereocenters. The van der Waals surface area contributed by atoms with E-state index in [0.29, 0.717) is 17.9 Å². The molecule has 0 radical (unpaired) electrons. The molecule has 1 N–H and O–H groups in total. The summed E-state index contributed by atoms with van der Waals surface area (Å²) in [4.78, 5) is 24.1. The SMILES string of the molecule is Cc1ccc(C(=O)OCCOC(C)C)cc1NC(=O)c1ccco1. The van der Waals surface area contributed by atoms with Crippen molar-refractivity contribution in [3.8, 4) is 0 Å². The van der Waals surface area contributed by atoms with Crippen molar-refractivity contribution in [2.45, 2.75) is 26.9 Å². The van der Waals surface area contributed by atoms with Gasteiger partial charge in [-0.2, -0.15) is 0 Å². The fourth-order valence-corrected chi connectivity index (χ4v) is 1.98. The topological polar surface area (TPSA) is 77.8 Å². The van der Waals surface area contributed by atoms with E-state index in [1.165, 1.54) is 6.26 Å². The minimum Gasteiger partial charge on any atom is -0.460 e. The van der Waals surface area contributed by atoms with Gasteiger partial charge in [-0.05, 0) is 50.6 Å². The highest BCUT2D eigenvalue weighted by Gasteiger charge is 2.13. The third kappa shape index (κ3) is 4.96. The van der Waals surface area contributed by atoms with Crippen molar-refractivity contribution in [1.82, 2.24) is 0 Å². The fraction of sp³-hybridized carbons (Fsp3) is 0.333. The molecular formula is C18H21NO5. The Morgan fingerprint density at radius 2 is 2.00 bits per heavy atom. The average molecular weight is 331 g/mol. The fourth-order valence-electron chi connectivity index (χ4n) is 1.98. The number of carbonyl (C=O) groups is 2. The van der Waals surface area contributed by atoms with E-state index in [-0.39, 0.29) is 24.4 Å². The number of nitrogens with one attached hydrogen (secondary N) is 1. The van der Waals surface area contributed by atoms with Gasteiger partial charge in [-0.3, -0.25) is 4.79 Å². The van der Waals surface area contributed by atoms with Gasteiger partial charge in [0.15, 0.2) is 5.76 Å². The summed E-state index contributed by atoms with van der Waals surface area (Å²) in [5.74, 6) is -0.636. The van der Waals surface area contributed by atoms with Crippen LogP contribution in [-0.2, 0) is 9.47 Å². The molecule has 1 amide bonds. The normalized spacial score (nSPS) is 10.7. The Kier molecular flexibility index (Phi) is 6.14. The molecule has 0 aliphatic heterocycles. The van der Waals surface area contributed by atoms with Gasteiger partial charge in [0.2, 0.25) is 0 Å². The summed E-state index contributed by atoms with van der Waals surface area (Å²) < 4.78 is 15.5. The standard InChI is InChI=1S/C18H21NO5/c1-12(2)22-9-10-24-18(21)14-7-6-13(3)15(11-14)19-17(20)16-5-4-8-23-16/h4-8,11-12H,9-10H2,1-3H3,(H,19,20). The van der Waals surface area contributed by atoms with Crippen LogP contribution < -0.4 is 5.32 Å². The minimum absolute atomic E-state index is 0.0893. The number of furan rings is 1. The highest BCUT2D eigenvalue weighted by molar-refractivity contribution is 6.03. The third-order valence-electron chi connectivity index (χ3n) is 3.23. The van der Waals surface area contributed by atoms with Gasteiger partial charge in [0.1, 0.15) is 6.61 Å². The summed E-state index contributed by atoms with van der Waals surface area (Å²) in [6, 6.07) is 8.19. The molecule has 128 valence electrons. The van der Waals surface area contributed by atoms with E-state index in [0.717, 1.165) is 5.56 Å². The Morgan fingerprint density at radius 1 is 1.21 bits per heavy atom. The third-order valence-corrected chi connectivity index (χ3v) is 3.23. The van der Waals surface area contributed by atoms with E-state index >= 15 is 0 Å². The second-order valence-electron chi connectivity index (χ2n) is 5.52. The number of aryl methyl sites for hydroxylation is 1. The van der Waals surface area contributed by atoms with Crippen LogP contribution in [0.5, 0.6) is 0 Å². The summed E-state index contributed by atoms with van der Waals surface area (Å²) in [7, 11) is 0. The zero-order valence-electron chi connectivity index (χ0n) is 14.0. The molecule has 0 fully saturated rings. The second kappa shape index (κ2) is 8.31. The first-order valence-corrected chi connectivity index (χ1v) is 7.71. The van der Waals surface area contributed by atoms with Crippen LogP contribution in [0.2, 0.25) is 0 Å². The first-order chi connectivity index (χ1) is 11.5. The number of hydrogen-bond donors (Lipinski definition) is 1. The van der Waals surface area contributed by atoms with Crippen LogP contribution in [0, 0.1) is 6.92 Å². The highest BCUT2D eigenvalue weighted by Crippen LogP contribution is 2.19. The largest absolute Gasteiger partial charge is 0.460 e. The van der Waals surface area contributed by atoms with Crippen molar-refractivity contribution < 1.29 is 23.5 Å². The average Bonchev–Trinajstić information content (AvgIpc) is 3.07. The molecule has 2 rings (SSSR count). The van der Waals surface area contributed by atoms with Crippen LogP contribution in [0.1, 0.15) is 40.3 Å². The van der Waals surface area contributed by atoms with E-state index in [4.69, 9.17) is 13.9 Å². The van der Waals surface area contributed by atoms with Crippen molar-refractivity contribution >= 4 is 17.6 Å². The molecule has 6 nitrogen and oxygen atoms in total. The Bertz CT molecular complexity index is 691. The number of benzene rings is 1. The molecule has 6 heteroatoms. The predicted octanol–water partition coefficient (Wildman–Crippen LogP) is 3.42. The van der Waals surface area contributed by atoms with Crippen molar-refractivity contribution in [1.29, 1.82) is 0 Å². The lowest BCUT2D eigenvalue weighted by Gasteiger charge is -2.11. The maximum Gasteiger partial charge on any atom is 0.338 e. The summed E-state index contributed by atoms with van der Waals surface area (Å²) in [6.45, 7) is 6.19. The molecule has 0 aliphatic carbocycles. The van der Waals surface area contributed by atoms with Gasteiger partial charge in [0, 0.05) is 5.69 Å². The number of amides is 1. The Hall–Kier alpha value is -2.60. The number of hydrogen-bond acceptors (Lipinski definition) is 5. The monoisotopic (exact) mass is 331 g/mol. The van der Waals surface area contributed by atoms with Crippen LogP contribution in [0.4, 0.5) is 5.69 Å². The molecule has 24 heavy (non-hydrogen) atoms. The van der Waals surface area contributed by atoms with Crippen molar-refractivity contribution in [2.75, 3.05) is 18.5 Å². The van der Waals surface area contributed by atoms with Crippen LogP contribution in [0.15, 0.2) is 41.0 Å². The zero-order valence-corrected chi connectivity index (χ0v) is 14.0. The lowest BCUT2D eigenvalue weighted by molar-refractivity contribution is 0.0177. The van der Waals surface area contributed by atoms with Crippen LogP contribution in [0.3, 0.4) is 0 Å². The Morgan fingerprint density at radius 3 is 2.67 bits per heavy atom. The smallest absolute Gasteiger partial charge is 0.338 e. The molecule has 2 aromatic rings. The maximum absolute atomic E-state index is 12.1. The summed E-state index contributed by atoms with van der Waals surface area (Å²) >= 11 is 0. The minimum atomic E-state index is -0.462. The molecule has 0 saturated carbocycles. The van der Waals surface area contributed by atoms with Gasteiger partial charge >= 0.3 is 5.97 Å². The van der Waals surface area contributed by atoms with Crippen LogP contribution in [-0.4, -0.2) is 31.2 Å². The second-order valence-corrected chi connectivity index (χ2v) is 5.52. The number of rotatable bonds is 7. The Balaban J connectivity index is 1.99. The number of esters is 1. The summed E-state index contributed by atoms with van der Waals surface area (Å²) in [5, 5.41) is 2.72. The van der Waals surface area contributed by atoms with Crippen molar-refractivity contribution in [2.24, 2.45) is 0 Å².